The number of para-hydroxylation sites is 1. The zero-order chi connectivity index (χ0) is 17.5. The Morgan fingerprint density at radius 1 is 1.29 bits per heavy atom. The number of carbonyl (C=O) groups excluding carboxylic acids is 1. The average Bonchev–Trinajstić information content (AvgIpc) is 2.52. The van der Waals surface area contributed by atoms with Gasteiger partial charge in [-0.1, -0.05) is 12.1 Å². The molecule has 0 unspecified atom stereocenters. The number of hydrogen-bond donors (Lipinski definition) is 0. The monoisotopic (exact) mass is 341 g/mol. The SMILES string of the molecule is C[C@@H]1OCCN(C(=O)c2cc(=O)c3ccccc3o2)[C@@H]1C(F)(F)F. The van der Waals surface area contributed by atoms with Crippen LogP contribution in [0.4, 0.5) is 13.2 Å². The van der Waals surface area contributed by atoms with Crippen molar-refractivity contribution in [3.05, 3.63) is 46.3 Å². The molecule has 1 aliphatic rings. The molecule has 1 aliphatic heterocycles. The van der Waals surface area contributed by atoms with E-state index in [9.17, 15) is 22.8 Å². The molecule has 24 heavy (non-hydrogen) atoms. The first-order valence-corrected chi connectivity index (χ1v) is 7.31. The molecule has 128 valence electrons. The number of nitrogens with zero attached hydrogens (tertiary/aromatic N) is 1. The number of amides is 1. The smallest absolute Gasteiger partial charge is 0.411 e. The van der Waals surface area contributed by atoms with Gasteiger partial charge in [-0.25, -0.2) is 0 Å². The van der Waals surface area contributed by atoms with Gasteiger partial charge in [0.1, 0.15) is 5.58 Å². The fourth-order valence-corrected chi connectivity index (χ4v) is 2.84. The van der Waals surface area contributed by atoms with Crippen LogP contribution in [-0.2, 0) is 4.74 Å². The molecule has 2 aromatic rings. The molecule has 0 N–H and O–H groups in total. The molecule has 2 heterocycles. The third-order valence-electron chi connectivity index (χ3n) is 3.93. The van der Waals surface area contributed by atoms with E-state index in [0.29, 0.717) is 4.90 Å². The Morgan fingerprint density at radius 3 is 2.71 bits per heavy atom. The summed E-state index contributed by atoms with van der Waals surface area (Å²) in [6.45, 7) is 1.01. The molecule has 0 aliphatic carbocycles. The van der Waals surface area contributed by atoms with Crippen LogP contribution in [0.1, 0.15) is 17.5 Å². The van der Waals surface area contributed by atoms with Crippen LogP contribution in [-0.4, -0.2) is 42.3 Å². The Kier molecular flexibility index (Phi) is 4.08. The number of hydrogen-bond acceptors (Lipinski definition) is 4. The molecule has 1 aromatic heterocycles. The Hall–Kier alpha value is -2.35. The highest BCUT2D eigenvalue weighted by atomic mass is 19.4. The van der Waals surface area contributed by atoms with E-state index in [0.717, 1.165) is 6.07 Å². The minimum absolute atomic E-state index is 0.0166. The Morgan fingerprint density at radius 2 is 2.00 bits per heavy atom. The zero-order valence-electron chi connectivity index (χ0n) is 12.7. The van der Waals surface area contributed by atoms with Crippen LogP contribution in [0.25, 0.3) is 11.0 Å². The van der Waals surface area contributed by atoms with Crippen LogP contribution in [0, 0.1) is 0 Å². The van der Waals surface area contributed by atoms with E-state index in [1.54, 1.807) is 12.1 Å². The highest BCUT2D eigenvalue weighted by molar-refractivity contribution is 5.93. The lowest BCUT2D eigenvalue weighted by atomic mass is 10.1. The van der Waals surface area contributed by atoms with Crippen molar-refractivity contribution in [2.24, 2.45) is 0 Å². The van der Waals surface area contributed by atoms with E-state index >= 15 is 0 Å². The predicted molar refractivity (Wildman–Crippen MR) is 78.8 cm³/mol. The van der Waals surface area contributed by atoms with Crippen LogP contribution in [0.3, 0.4) is 0 Å². The maximum atomic E-state index is 13.3. The van der Waals surface area contributed by atoms with Gasteiger partial charge in [0, 0.05) is 12.6 Å². The Labute approximate surface area is 134 Å². The zero-order valence-corrected chi connectivity index (χ0v) is 12.7. The van der Waals surface area contributed by atoms with E-state index in [4.69, 9.17) is 9.15 Å². The van der Waals surface area contributed by atoms with Crippen LogP contribution < -0.4 is 5.43 Å². The Bertz CT molecular complexity index is 830. The van der Waals surface area contributed by atoms with E-state index in [2.05, 4.69) is 0 Å². The van der Waals surface area contributed by atoms with E-state index in [-0.39, 0.29) is 24.1 Å². The molecule has 8 heteroatoms. The van der Waals surface area contributed by atoms with Crippen LogP contribution >= 0.6 is 0 Å². The van der Waals surface area contributed by atoms with E-state index < -0.39 is 35.4 Å². The lowest BCUT2D eigenvalue weighted by Crippen LogP contribution is -2.59. The predicted octanol–water partition coefficient (Wildman–Crippen LogP) is 2.58. The van der Waals surface area contributed by atoms with Crippen molar-refractivity contribution in [3.63, 3.8) is 0 Å². The number of alkyl halides is 3. The second-order valence-corrected chi connectivity index (χ2v) is 5.53. The maximum Gasteiger partial charge on any atom is 0.411 e. The molecular weight excluding hydrogens is 327 g/mol. The maximum absolute atomic E-state index is 13.3. The molecule has 2 atom stereocenters. The fourth-order valence-electron chi connectivity index (χ4n) is 2.84. The summed E-state index contributed by atoms with van der Waals surface area (Å²) in [4.78, 5) is 25.2. The summed E-state index contributed by atoms with van der Waals surface area (Å²) in [7, 11) is 0. The number of morpholine rings is 1. The highest BCUT2D eigenvalue weighted by Crippen LogP contribution is 2.31. The molecule has 1 saturated heterocycles. The molecule has 0 saturated carbocycles. The molecule has 0 radical (unpaired) electrons. The molecule has 0 bridgehead atoms. The van der Waals surface area contributed by atoms with Crippen LogP contribution in [0.5, 0.6) is 0 Å². The third-order valence-corrected chi connectivity index (χ3v) is 3.93. The average molecular weight is 341 g/mol. The number of halogens is 3. The van der Waals surface area contributed by atoms with Crippen molar-refractivity contribution >= 4 is 16.9 Å². The van der Waals surface area contributed by atoms with Gasteiger partial charge < -0.3 is 14.1 Å². The summed E-state index contributed by atoms with van der Waals surface area (Å²) in [6, 6.07) is 5.08. The van der Waals surface area contributed by atoms with Gasteiger partial charge in [0.05, 0.1) is 18.1 Å². The number of fused-ring (bicyclic) bond motifs is 1. The standard InChI is InChI=1S/C16H14F3NO4/c1-9-14(16(17,18)19)20(6-7-23-9)15(22)13-8-11(21)10-4-2-3-5-12(10)24-13/h2-5,8-9,14H,6-7H2,1H3/t9-,14-/m0/s1. The fraction of sp³-hybridized carbons (Fsp3) is 0.375. The molecule has 0 spiro atoms. The molecule has 1 amide bonds. The van der Waals surface area contributed by atoms with Crippen LogP contribution in [0.15, 0.2) is 39.5 Å². The first-order valence-electron chi connectivity index (χ1n) is 7.31. The van der Waals surface area contributed by atoms with Crippen LogP contribution in [0.2, 0.25) is 0 Å². The number of rotatable bonds is 1. The van der Waals surface area contributed by atoms with E-state index in [1.165, 1.54) is 19.1 Å². The second-order valence-electron chi connectivity index (χ2n) is 5.53. The highest BCUT2D eigenvalue weighted by Gasteiger charge is 2.51. The Balaban J connectivity index is 2.02. The minimum Gasteiger partial charge on any atom is -0.451 e. The molecule has 3 rings (SSSR count). The first-order chi connectivity index (χ1) is 11.3. The summed E-state index contributed by atoms with van der Waals surface area (Å²) >= 11 is 0. The van der Waals surface area contributed by atoms with Crippen molar-refractivity contribution in [2.45, 2.75) is 25.2 Å². The van der Waals surface area contributed by atoms with Gasteiger partial charge >= 0.3 is 6.18 Å². The van der Waals surface area contributed by atoms with Crippen molar-refractivity contribution in [1.29, 1.82) is 0 Å². The summed E-state index contributed by atoms with van der Waals surface area (Å²) in [5.74, 6) is -1.39. The molecule has 1 aromatic carbocycles. The topological polar surface area (TPSA) is 59.8 Å². The third kappa shape index (κ3) is 2.89. The molecular formula is C16H14F3NO4. The van der Waals surface area contributed by atoms with Crippen molar-refractivity contribution in [1.82, 2.24) is 4.90 Å². The summed E-state index contributed by atoms with van der Waals surface area (Å²) in [5.41, 5.74) is -0.330. The number of carbonyl (C=O) groups is 1. The van der Waals surface area contributed by atoms with Crippen molar-refractivity contribution in [3.8, 4) is 0 Å². The number of benzene rings is 1. The molecule has 1 fully saturated rings. The quantitative estimate of drug-likeness (QED) is 0.800. The second kappa shape index (κ2) is 5.94. The summed E-state index contributed by atoms with van der Waals surface area (Å²) < 4.78 is 50.2. The summed E-state index contributed by atoms with van der Waals surface area (Å²) in [6.07, 6.45) is -5.85. The van der Waals surface area contributed by atoms with Crippen molar-refractivity contribution < 1.29 is 27.1 Å². The largest absolute Gasteiger partial charge is 0.451 e. The molecule has 5 nitrogen and oxygen atoms in total. The van der Waals surface area contributed by atoms with Gasteiger partial charge in [0.2, 0.25) is 0 Å². The summed E-state index contributed by atoms with van der Waals surface area (Å²) in [5, 5.41) is 0.261. The van der Waals surface area contributed by atoms with Crippen molar-refractivity contribution in [2.75, 3.05) is 13.2 Å². The number of ether oxygens (including phenoxy) is 1. The van der Waals surface area contributed by atoms with Gasteiger partial charge in [-0.3, -0.25) is 9.59 Å². The van der Waals surface area contributed by atoms with Gasteiger partial charge in [-0.2, -0.15) is 13.2 Å². The normalized spacial score (nSPS) is 21.9. The van der Waals surface area contributed by atoms with Gasteiger partial charge in [-0.15, -0.1) is 0 Å². The van der Waals surface area contributed by atoms with Gasteiger partial charge in [0.25, 0.3) is 5.91 Å². The lowest BCUT2D eigenvalue weighted by Gasteiger charge is -2.40. The van der Waals surface area contributed by atoms with Gasteiger partial charge in [0.15, 0.2) is 17.2 Å². The minimum atomic E-state index is -4.65. The first kappa shape index (κ1) is 16.5. The van der Waals surface area contributed by atoms with Gasteiger partial charge in [-0.05, 0) is 19.1 Å². The van der Waals surface area contributed by atoms with E-state index in [1.807, 2.05) is 0 Å². The lowest BCUT2D eigenvalue weighted by molar-refractivity contribution is -0.221.